The topological polar surface area (TPSA) is 168 Å². The Morgan fingerprint density at radius 1 is 0.729 bits per heavy atom. The molecule has 0 saturated carbocycles. The van der Waals surface area contributed by atoms with Crippen LogP contribution >= 0.6 is 23.2 Å². The molecule has 2 atom stereocenters. The molecule has 2 unspecified atom stereocenters. The number of hydrogen-bond donors (Lipinski definition) is 3. The van der Waals surface area contributed by atoms with Crippen molar-refractivity contribution >= 4 is 80.1 Å². The van der Waals surface area contributed by atoms with E-state index in [1.807, 2.05) is 0 Å². The van der Waals surface area contributed by atoms with Gasteiger partial charge in [0.2, 0.25) is 11.9 Å². The molecule has 9 rings (SSSR count). The fraction of sp³-hybridized carbons (Fsp3) is 0.348. The molecular weight excluding hydrogens is 973 g/mol. The number of amides is 2. The number of benzene rings is 4. The van der Waals surface area contributed by atoms with E-state index in [4.69, 9.17) is 32.7 Å². The summed E-state index contributed by atoms with van der Waals surface area (Å²) < 4.78 is 92.1. The number of piperidine rings is 1. The van der Waals surface area contributed by atoms with Crippen LogP contribution in [-0.2, 0) is 9.59 Å². The first-order valence-electron chi connectivity index (χ1n) is 21.7. The molecule has 2 aromatic heterocycles. The molecule has 3 N–H and O–H groups in total. The van der Waals surface area contributed by atoms with Crippen LogP contribution in [0.4, 0.5) is 49.6 Å². The van der Waals surface area contributed by atoms with E-state index >= 15 is 0 Å². The van der Waals surface area contributed by atoms with Crippen LogP contribution in [0.1, 0.15) is 19.3 Å². The Kier molecular flexibility index (Phi) is 15.1. The van der Waals surface area contributed by atoms with Gasteiger partial charge in [0.05, 0.1) is 21.1 Å². The monoisotopic (exact) mass is 1020 g/mol. The number of anilines is 4. The van der Waals surface area contributed by atoms with Crippen molar-refractivity contribution in [3.05, 3.63) is 95.2 Å². The van der Waals surface area contributed by atoms with Gasteiger partial charge in [-0.05, 0) is 94.0 Å². The Bertz CT molecular complexity index is 2860. The van der Waals surface area contributed by atoms with Crippen molar-refractivity contribution in [2.75, 3.05) is 73.9 Å². The first kappa shape index (κ1) is 49.8. The maximum Gasteiger partial charge on any atom is 0.573 e. The number of carbonyl (C=O) groups excluding carboxylic acids is 2. The summed E-state index contributed by atoms with van der Waals surface area (Å²) >= 11 is 11.9. The average Bonchev–Trinajstić information content (AvgIpc) is 3.95. The van der Waals surface area contributed by atoms with Crippen molar-refractivity contribution in [2.24, 2.45) is 0 Å². The number of piperazine rings is 1. The predicted molar refractivity (Wildman–Crippen MR) is 250 cm³/mol. The summed E-state index contributed by atoms with van der Waals surface area (Å²) in [6, 6.07) is 18.5. The van der Waals surface area contributed by atoms with Gasteiger partial charge in [-0.15, -0.1) is 26.3 Å². The number of hydrogen-bond acceptors (Lipinski definition) is 14. The summed E-state index contributed by atoms with van der Waals surface area (Å²) in [6.45, 7) is 2.84. The molecule has 2 amide bonds. The first-order valence-corrected chi connectivity index (χ1v) is 22.5. The Labute approximate surface area is 406 Å². The molecule has 3 aliphatic rings. The minimum absolute atomic E-state index is 0.0513. The molecule has 0 aliphatic carbocycles. The third-order valence-corrected chi connectivity index (χ3v) is 12.1. The Morgan fingerprint density at radius 2 is 1.23 bits per heavy atom. The zero-order valence-corrected chi connectivity index (χ0v) is 38.8. The van der Waals surface area contributed by atoms with Gasteiger partial charge in [-0.1, -0.05) is 23.2 Å². The smallest absolute Gasteiger partial charge is 0.482 e. The van der Waals surface area contributed by atoms with Crippen LogP contribution in [0, 0.1) is 0 Å². The summed E-state index contributed by atoms with van der Waals surface area (Å²) in [5.41, 5.74) is 2.58. The van der Waals surface area contributed by atoms with Crippen LogP contribution in [0.15, 0.2) is 85.2 Å². The van der Waals surface area contributed by atoms with Crippen LogP contribution in [-0.4, -0.2) is 121 Å². The Balaban J connectivity index is 0.000000188. The van der Waals surface area contributed by atoms with Gasteiger partial charge in [0.1, 0.15) is 23.0 Å². The highest BCUT2D eigenvalue weighted by Crippen LogP contribution is 2.34. The van der Waals surface area contributed by atoms with Gasteiger partial charge in [0, 0.05) is 91.0 Å². The normalized spacial score (nSPS) is 17.1. The van der Waals surface area contributed by atoms with Crippen LogP contribution in [0.3, 0.4) is 0 Å². The van der Waals surface area contributed by atoms with Gasteiger partial charge in [0.15, 0.2) is 13.2 Å². The summed E-state index contributed by atoms with van der Waals surface area (Å²) in [7, 11) is 4.19. The van der Waals surface area contributed by atoms with Gasteiger partial charge < -0.3 is 49.6 Å². The Morgan fingerprint density at radius 3 is 1.67 bits per heavy atom. The van der Waals surface area contributed by atoms with Gasteiger partial charge in [-0.25, -0.2) is 19.9 Å². The summed E-state index contributed by atoms with van der Waals surface area (Å²) in [6.07, 6.45) is -2.99. The molecule has 24 heteroatoms. The summed E-state index contributed by atoms with van der Waals surface area (Å²) in [4.78, 5) is 49.6. The minimum atomic E-state index is -4.83. The molecular formula is C46H44Cl2F6N10O6. The second-order valence-electron chi connectivity index (χ2n) is 16.7. The highest BCUT2D eigenvalue weighted by molar-refractivity contribution is 6.32. The molecule has 70 heavy (non-hydrogen) atoms. The van der Waals surface area contributed by atoms with Crippen LogP contribution in [0.5, 0.6) is 23.0 Å². The van der Waals surface area contributed by atoms with Gasteiger partial charge >= 0.3 is 12.7 Å². The number of halogens is 8. The average molecular weight is 1020 g/mol. The van der Waals surface area contributed by atoms with Crippen molar-refractivity contribution in [2.45, 2.75) is 50.1 Å². The van der Waals surface area contributed by atoms with E-state index in [9.17, 15) is 35.9 Å². The maximum absolute atomic E-state index is 12.3. The lowest BCUT2D eigenvalue weighted by Gasteiger charge is -2.35. The number of nitrogens with zero attached hydrogens (tertiary/aromatic N) is 7. The lowest BCUT2D eigenvalue weighted by Crippen LogP contribution is -2.44. The van der Waals surface area contributed by atoms with Crippen molar-refractivity contribution in [3.63, 3.8) is 0 Å². The van der Waals surface area contributed by atoms with Crippen LogP contribution < -0.4 is 44.7 Å². The third kappa shape index (κ3) is 13.2. The van der Waals surface area contributed by atoms with E-state index in [0.29, 0.717) is 41.4 Å². The highest BCUT2D eigenvalue weighted by atomic mass is 35.5. The number of rotatable bonds is 13. The second kappa shape index (κ2) is 21.2. The predicted octanol–water partition coefficient (Wildman–Crippen LogP) is 8.48. The van der Waals surface area contributed by atoms with E-state index in [2.05, 4.69) is 74.2 Å². The number of fused-ring (bicyclic) bond motifs is 4. The number of aromatic nitrogens is 4. The van der Waals surface area contributed by atoms with Crippen molar-refractivity contribution in [3.8, 4) is 23.0 Å². The van der Waals surface area contributed by atoms with Gasteiger partial charge in [-0.3, -0.25) is 9.59 Å². The quantitative estimate of drug-likeness (QED) is 0.0943. The number of alkyl halides is 6. The van der Waals surface area contributed by atoms with Crippen LogP contribution in [0.2, 0.25) is 10.0 Å². The number of ether oxygens (including phenoxy) is 4. The molecule has 3 aliphatic heterocycles. The first-order chi connectivity index (χ1) is 33.3. The van der Waals surface area contributed by atoms with E-state index < -0.39 is 49.3 Å². The van der Waals surface area contributed by atoms with E-state index in [-0.39, 0.29) is 21.5 Å². The molecule has 16 nitrogen and oxygen atoms in total. The third-order valence-electron chi connectivity index (χ3n) is 11.5. The number of nitrogens with one attached hydrogen (secondary N) is 3. The second-order valence-corrected chi connectivity index (χ2v) is 17.5. The lowest BCUT2D eigenvalue weighted by molar-refractivity contribution is -0.275. The van der Waals surface area contributed by atoms with E-state index in [1.165, 1.54) is 12.1 Å². The molecule has 5 heterocycles. The summed E-state index contributed by atoms with van der Waals surface area (Å²) in [5, 5.41) is 10.2. The van der Waals surface area contributed by atoms with Crippen molar-refractivity contribution in [1.29, 1.82) is 0 Å². The number of carbonyl (C=O) groups is 2. The zero-order chi connectivity index (χ0) is 49.7. The zero-order valence-electron chi connectivity index (χ0n) is 37.3. The molecule has 6 aromatic rings. The van der Waals surface area contributed by atoms with E-state index in [0.717, 1.165) is 91.5 Å². The minimum Gasteiger partial charge on any atom is -0.482 e. The van der Waals surface area contributed by atoms with Gasteiger partial charge in [0.25, 0.3) is 11.8 Å². The maximum atomic E-state index is 12.3. The highest BCUT2D eigenvalue weighted by Gasteiger charge is 2.39. The largest absolute Gasteiger partial charge is 0.573 e. The SMILES string of the molecule is CN(C)C1CCN(c2ncc3cc(NC(=O)COc4ccc(OC(F)(F)F)cc4Cl)ccc3n2)CC1.O=C(COc1ccc(OC(F)(F)F)cc1Cl)Nc1ccc2nc(N3CC4CC3CN4)ncc2c1. The molecule has 0 spiro atoms. The molecule has 4 aromatic carbocycles. The molecule has 0 radical (unpaired) electrons. The van der Waals surface area contributed by atoms with Crippen LogP contribution in [0.25, 0.3) is 21.8 Å². The van der Waals surface area contributed by atoms with E-state index in [1.54, 1.807) is 48.8 Å². The van der Waals surface area contributed by atoms with Crippen molar-refractivity contribution < 1.29 is 54.9 Å². The standard InChI is InChI=1S/C24H25ClF3N5O3.C22H19ClF3N5O3/c1-32(2)17-7-9-33(10-8-17)23-29-13-15-11-16(3-5-20(15)31-23)30-22(34)14-35-21-6-4-18(12-19(21)25)36-24(26,27)28;23-17-7-16(34-22(24,25)26)2-4-19(17)33-11-20(32)29-13-1-3-18-12(5-13)8-28-21(30-18)31-10-14-6-15(31)9-27-14/h3-6,11-13,17H,7-10,14H2,1-2H3,(H,30,34);1-5,7-8,14-15,27H,6,9-11H2,(H,29,32). The molecule has 3 saturated heterocycles. The Hall–Kier alpha value is -6.62. The van der Waals surface area contributed by atoms with Crippen molar-refractivity contribution in [1.82, 2.24) is 30.2 Å². The fourth-order valence-corrected chi connectivity index (χ4v) is 8.60. The van der Waals surface area contributed by atoms with Gasteiger partial charge in [-0.2, -0.15) is 0 Å². The molecule has 2 bridgehead atoms. The lowest BCUT2D eigenvalue weighted by atomic mass is 10.0. The molecule has 3 fully saturated rings. The fourth-order valence-electron chi connectivity index (χ4n) is 8.15. The summed E-state index contributed by atoms with van der Waals surface area (Å²) in [5.74, 6) is -0.407. The molecule has 370 valence electrons.